The first kappa shape index (κ1) is 19.3. The van der Waals surface area contributed by atoms with Gasteiger partial charge >= 0.3 is 0 Å². The van der Waals surface area contributed by atoms with Crippen LogP contribution in [0.15, 0.2) is 58.9 Å². The summed E-state index contributed by atoms with van der Waals surface area (Å²) in [4.78, 5) is 6.59. The van der Waals surface area contributed by atoms with Gasteiger partial charge in [0.2, 0.25) is 0 Å². The van der Waals surface area contributed by atoms with Crippen molar-refractivity contribution >= 4 is 22.6 Å². The lowest BCUT2D eigenvalue weighted by Crippen LogP contribution is -3.12. The number of nitrogens with zero attached hydrogens (tertiary/aromatic N) is 1. The van der Waals surface area contributed by atoms with E-state index in [1.165, 1.54) is 18.7 Å². The van der Waals surface area contributed by atoms with Crippen LogP contribution in [-0.4, -0.2) is 37.5 Å². The van der Waals surface area contributed by atoms with E-state index in [0.29, 0.717) is 19.3 Å². The molecule has 0 atom stereocenters. The lowest BCUT2D eigenvalue weighted by atomic mass is 10.0. The van der Waals surface area contributed by atoms with E-state index in [4.69, 9.17) is 14.5 Å². The van der Waals surface area contributed by atoms with Crippen molar-refractivity contribution in [3.8, 4) is 11.5 Å². The highest BCUT2D eigenvalue weighted by Crippen LogP contribution is 2.33. The van der Waals surface area contributed by atoms with Gasteiger partial charge < -0.3 is 14.4 Å². The number of hydrogen-bond acceptors (Lipinski definition) is 5. The minimum Gasteiger partial charge on any atom is -0.486 e. The summed E-state index contributed by atoms with van der Waals surface area (Å²) in [6, 6.07) is 17.2. The molecule has 156 valence electrons. The summed E-state index contributed by atoms with van der Waals surface area (Å²) in [6.07, 6.45) is 2.26. The van der Waals surface area contributed by atoms with Crippen LogP contribution in [0.1, 0.15) is 24.0 Å². The molecule has 1 saturated heterocycles. The Morgan fingerprint density at radius 3 is 2.53 bits per heavy atom. The molecule has 0 spiro atoms. The van der Waals surface area contributed by atoms with Crippen LogP contribution in [0.4, 0.5) is 0 Å². The van der Waals surface area contributed by atoms with Crippen LogP contribution < -0.4 is 25.2 Å². The van der Waals surface area contributed by atoms with Gasteiger partial charge in [0.1, 0.15) is 19.8 Å². The number of piperidine rings is 1. The van der Waals surface area contributed by atoms with E-state index in [9.17, 15) is 0 Å². The van der Waals surface area contributed by atoms with Crippen LogP contribution in [0.2, 0.25) is 0 Å². The van der Waals surface area contributed by atoms with Crippen LogP contribution in [0.25, 0.3) is 5.70 Å². The van der Waals surface area contributed by atoms with E-state index in [1.54, 1.807) is 16.7 Å². The molecule has 0 bridgehead atoms. The third-order valence-electron chi connectivity index (χ3n) is 5.70. The van der Waals surface area contributed by atoms with Crippen molar-refractivity contribution in [1.29, 1.82) is 0 Å². The van der Waals surface area contributed by atoms with Crippen molar-refractivity contribution in [3.63, 3.8) is 0 Å². The van der Waals surface area contributed by atoms with E-state index < -0.39 is 0 Å². The molecule has 0 radical (unpaired) electrons. The van der Waals surface area contributed by atoms with Gasteiger partial charge in [0.25, 0.3) is 0 Å². The summed E-state index contributed by atoms with van der Waals surface area (Å²) in [6.45, 7) is 4.66. The summed E-state index contributed by atoms with van der Waals surface area (Å²) >= 11 is 1.64. The van der Waals surface area contributed by atoms with E-state index in [0.717, 1.165) is 47.3 Å². The Balaban J connectivity index is 1.15. The molecule has 6 nitrogen and oxygen atoms in total. The highest BCUT2D eigenvalue weighted by Gasteiger charge is 2.23. The van der Waals surface area contributed by atoms with Crippen molar-refractivity contribution in [1.82, 2.24) is 10.9 Å². The zero-order chi connectivity index (χ0) is 20.2. The number of benzene rings is 2. The molecule has 1 fully saturated rings. The van der Waals surface area contributed by atoms with Gasteiger partial charge in [-0.1, -0.05) is 42.1 Å². The van der Waals surface area contributed by atoms with E-state index in [2.05, 4.69) is 46.6 Å². The maximum atomic E-state index is 5.69. The Morgan fingerprint density at radius 1 is 0.967 bits per heavy atom. The van der Waals surface area contributed by atoms with Gasteiger partial charge in [0, 0.05) is 29.4 Å². The quantitative estimate of drug-likeness (QED) is 0.704. The first-order valence-corrected chi connectivity index (χ1v) is 11.5. The number of aliphatic imine (C=N–C) groups is 1. The first-order chi connectivity index (χ1) is 14.8. The smallest absolute Gasteiger partial charge is 0.180 e. The number of likely N-dealkylation sites (tertiary alicyclic amines) is 1. The molecule has 3 heterocycles. The number of ether oxygens (including phenoxy) is 2. The number of amidine groups is 1. The van der Waals surface area contributed by atoms with Gasteiger partial charge in [0.05, 0.1) is 24.8 Å². The molecule has 2 aromatic carbocycles. The number of nitrogens with one attached hydrogen (secondary N) is 3. The number of fused-ring (bicyclic) bond motifs is 1. The van der Waals surface area contributed by atoms with Crippen molar-refractivity contribution in [3.05, 3.63) is 65.1 Å². The van der Waals surface area contributed by atoms with Crippen LogP contribution in [0, 0.1) is 0 Å². The van der Waals surface area contributed by atoms with Crippen molar-refractivity contribution in [2.24, 2.45) is 4.99 Å². The Kier molecular flexibility index (Phi) is 5.81. The molecule has 0 aliphatic carbocycles. The number of hydrazine groups is 1. The SMILES string of the molecule is C1=C(c2ccc3c(c2)OCCO3)NNC(=NC2CC[NH+](Cc3ccccc3)CC2)S1. The zero-order valence-corrected chi connectivity index (χ0v) is 17.7. The second kappa shape index (κ2) is 9.02. The molecule has 3 aliphatic heterocycles. The van der Waals surface area contributed by atoms with E-state index in [-0.39, 0.29) is 0 Å². The summed E-state index contributed by atoms with van der Waals surface area (Å²) in [7, 11) is 0. The molecule has 0 amide bonds. The highest BCUT2D eigenvalue weighted by atomic mass is 32.2. The van der Waals surface area contributed by atoms with Gasteiger partial charge in [-0.2, -0.15) is 0 Å². The molecule has 0 aromatic heterocycles. The largest absolute Gasteiger partial charge is 0.486 e. The third kappa shape index (κ3) is 4.57. The molecule has 3 N–H and O–H groups in total. The number of thioether (sulfide) groups is 1. The van der Waals surface area contributed by atoms with Gasteiger partial charge in [0.15, 0.2) is 16.7 Å². The Morgan fingerprint density at radius 2 is 1.77 bits per heavy atom. The topological polar surface area (TPSA) is 59.3 Å². The molecule has 2 aromatic rings. The van der Waals surface area contributed by atoms with Gasteiger partial charge in [-0.15, -0.1) is 0 Å². The van der Waals surface area contributed by atoms with Crippen molar-refractivity contribution in [2.75, 3.05) is 26.3 Å². The molecular formula is C23H27N4O2S+. The van der Waals surface area contributed by atoms with E-state index >= 15 is 0 Å². The second-order valence-electron chi connectivity index (χ2n) is 7.84. The molecule has 30 heavy (non-hydrogen) atoms. The van der Waals surface area contributed by atoms with Crippen LogP contribution in [0.5, 0.6) is 11.5 Å². The summed E-state index contributed by atoms with van der Waals surface area (Å²) < 4.78 is 11.3. The highest BCUT2D eigenvalue weighted by molar-refractivity contribution is 8.16. The number of rotatable bonds is 4. The molecular weight excluding hydrogens is 396 g/mol. The van der Waals surface area contributed by atoms with Crippen LogP contribution in [-0.2, 0) is 6.54 Å². The maximum Gasteiger partial charge on any atom is 0.180 e. The fourth-order valence-corrected chi connectivity index (χ4v) is 4.82. The third-order valence-corrected chi connectivity index (χ3v) is 6.49. The molecule has 5 rings (SSSR count). The predicted octanol–water partition coefficient (Wildman–Crippen LogP) is 2.20. The predicted molar refractivity (Wildman–Crippen MR) is 121 cm³/mol. The zero-order valence-electron chi connectivity index (χ0n) is 16.9. The Labute approximate surface area is 181 Å². The lowest BCUT2D eigenvalue weighted by molar-refractivity contribution is -0.918. The Bertz CT molecular complexity index is 939. The average molecular weight is 424 g/mol. The molecule has 7 heteroatoms. The summed E-state index contributed by atoms with van der Waals surface area (Å²) in [5, 5.41) is 3.05. The minimum atomic E-state index is 0.394. The van der Waals surface area contributed by atoms with Crippen molar-refractivity contribution < 1.29 is 14.4 Å². The van der Waals surface area contributed by atoms with Gasteiger partial charge in [-0.25, -0.2) is 0 Å². The first-order valence-electron chi connectivity index (χ1n) is 10.6. The van der Waals surface area contributed by atoms with Gasteiger partial charge in [-0.05, 0) is 18.2 Å². The van der Waals surface area contributed by atoms with Crippen molar-refractivity contribution in [2.45, 2.75) is 25.4 Å². The fourth-order valence-electron chi connectivity index (χ4n) is 4.08. The normalized spacial score (nSPS) is 24.5. The average Bonchev–Trinajstić information content (AvgIpc) is 2.81. The molecule has 3 aliphatic rings. The van der Waals surface area contributed by atoms with Gasteiger partial charge in [-0.3, -0.25) is 15.8 Å². The molecule has 0 saturated carbocycles. The minimum absolute atomic E-state index is 0.394. The van der Waals surface area contributed by atoms with Crippen LogP contribution >= 0.6 is 11.8 Å². The number of quaternary nitrogens is 1. The number of hydrogen-bond donors (Lipinski definition) is 3. The fraction of sp³-hybridized carbons (Fsp3) is 0.348. The summed E-state index contributed by atoms with van der Waals surface area (Å²) in [5.41, 5.74) is 10.0. The maximum absolute atomic E-state index is 5.69. The monoisotopic (exact) mass is 423 g/mol. The second-order valence-corrected chi connectivity index (χ2v) is 8.69. The lowest BCUT2D eigenvalue weighted by Gasteiger charge is -2.28. The standard InChI is InChI=1S/C23H26N4O2S/c1-2-4-17(5-3-1)15-27-10-8-19(9-11-27)24-23-26-25-20(16-30-23)18-6-7-21-22(14-18)29-13-12-28-21/h1-7,14,16,19,25H,8-13,15H2,(H,24,26)/p+1. The van der Waals surface area contributed by atoms with E-state index in [1.807, 2.05) is 18.2 Å². The molecule has 0 unspecified atom stereocenters. The Hall–Kier alpha value is -2.64. The summed E-state index contributed by atoms with van der Waals surface area (Å²) in [5.74, 6) is 1.61. The van der Waals surface area contributed by atoms with Crippen LogP contribution in [0.3, 0.4) is 0 Å².